The average molecular weight is 355 g/mol. The predicted molar refractivity (Wildman–Crippen MR) is 91.9 cm³/mol. The zero-order valence-corrected chi connectivity index (χ0v) is 15.2. The molecule has 0 bridgehead atoms. The Balaban J connectivity index is 2.37. The summed E-state index contributed by atoms with van der Waals surface area (Å²) in [6.07, 6.45) is 2.78. The van der Waals surface area contributed by atoms with Gasteiger partial charge in [0.15, 0.2) is 0 Å². The maximum Gasteiger partial charge on any atom is 0.492 e. The molecule has 130 valence electrons. The van der Waals surface area contributed by atoms with Crippen molar-refractivity contribution in [2.24, 2.45) is 0 Å². The van der Waals surface area contributed by atoms with Gasteiger partial charge in [0.2, 0.25) is 11.9 Å². The molecular weight excluding hydrogens is 333 g/mol. The number of carbonyl (C=O) groups excluding carboxylic acids is 1. The van der Waals surface area contributed by atoms with Gasteiger partial charge in [-0.05, 0) is 39.2 Å². The van der Waals surface area contributed by atoms with E-state index < -0.39 is 24.3 Å². The first-order valence-electron chi connectivity index (χ1n) is 7.63. The van der Waals surface area contributed by atoms with E-state index in [-0.39, 0.29) is 18.0 Å². The van der Waals surface area contributed by atoms with Crippen LogP contribution in [-0.2, 0) is 14.1 Å². The van der Waals surface area contributed by atoms with E-state index >= 15 is 0 Å². The topological polar surface area (TPSA) is 60.5 Å². The highest BCUT2D eigenvalue weighted by Crippen LogP contribution is 2.38. The Labute approximate surface area is 146 Å². The second kappa shape index (κ2) is 6.82. The van der Waals surface area contributed by atoms with Gasteiger partial charge in [-0.2, -0.15) is 4.39 Å². The van der Waals surface area contributed by atoms with Crippen molar-refractivity contribution >= 4 is 30.7 Å². The van der Waals surface area contributed by atoms with Gasteiger partial charge in [0.05, 0.1) is 16.2 Å². The largest absolute Gasteiger partial charge is 0.492 e. The van der Waals surface area contributed by atoms with Crippen LogP contribution in [0.4, 0.5) is 4.39 Å². The number of nitrogens with zero attached hydrogens (tertiary/aromatic N) is 1. The van der Waals surface area contributed by atoms with Crippen LogP contribution in [-0.4, -0.2) is 35.8 Å². The molecule has 0 aliphatic carbocycles. The molecule has 1 aromatic heterocycles. The number of carbonyl (C=O) groups is 1. The van der Waals surface area contributed by atoms with Crippen molar-refractivity contribution in [2.45, 2.75) is 45.8 Å². The molecule has 0 spiro atoms. The summed E-state index contributed by atoms with van der Waals surface area (Å²) in [6, 6.07) is 1.46. The van der Waals surface area contributed by atoms with E-state index in [1.54, 1.807) is 6.08 Å². The van der Waals surface area contributed by atoms with Crippen LogP contribution in [0.1, 0.15) is 40.2 Å². The highest BCUT2D eigenvalue weighted by Gasteiger charge is 2.52. The maximum atomic E-state index is 13.9. The third-order valence-corrected chi connectivity index (χ3v) is 4.48. The molecule has 0 atom stereocenters. The molecule has 2 rings (SSSR count). The molecule has 1 saturated heterocycles. The van der Waals surface area contributed by atoms with E-state index in [2.05, 4.69) is 10.3 Å². The van der Waals surface area contributed by atoms with Crippen molar-refractivity contribution < 1.29 is 18.5 Å². The van der Waals surface area contributed by atoms with Crippen LogP contribution in [0.3, 0.4) is 0 Å². The van der Waals surface area contributed by atoms with Gasteiger partial charge in [-0.1, -0.05) is 17.7 Å². The van der Waals surface area contributed by atoms with E-state index in [0.717, 1.165) is 0 Å². The van der Waals surface area contributed by atoms with Crippen LogP contribution in [0, 0.1) is 5.95 Å². The van der Waals surface area contributed by atoms with Gasteiger partial charge in [0.1, 0.15) is 0 Å². The molecule has 0 saturated carbocycles. The maximum absolute atomic E-state index is 13.9. The minimum atomic E-state index is -0.708. The van der Waals surface area contributed by atoms with E-state index in [1.165, 1.54) is 19.2 Å². The minimum Gasteiger partial charge on any atom is -0.400 e. The Bertz CT molecular complexity index is 663. The molecule has 1 amide bonds. The van der Waals surface area contributed by atoms with Gasteiger partial charge < -0.3 is 14.6 Å². The molecule has 1 fully saturated rings. The van der Waals surface area contributed by atoms with Crippen molar-refractivity contribution in [3.8, 4) is 0 Å². The second-order valence-electron chi connectivity index (χ2n) is 6.75. The molecule has 0 unspecified atom stereocenters. The molecule has 5 nitrogen and oxygen atoms in total. The van der Waals surface area contributed by atoms with Crippen LogP contribution in [0.15, 0.2) is 17.7 Å². The Kier molecular flexibility index (Phi) is 5.37. The van der Waals surface area contributed by atoms with Crippen molar-refractivity contribution in [1.82, 2.24) is 10.3 Å². The van der Waals surface area contributed by atoms with Gasteiger partial charge in [-0.3, -0.25) is 4.79 Å². The summed E-state index contributed by atoms with van der Waals surface area (Å²) in [5.41, 5.74) is -0.305. The Morgan fingerprint density at radius 3 is 2.50 bits per heavy atom. The van der Waals surface area contributed by atoms with E-state index in [9.17, 15) is 9.18 Å². The first kappa shape index (κ1) is 18.9. The molecule has 1 aliphatic heterocycles. The molecule has 1 aliphatic rings. The second-order valence-corrected chi connectivity index (χ2v) is 7.19. The molecule has 0 aromatic carbocycles. The normalized spacial score (nSPS) is 19.5. The Hall–Kier alpha value is -1.44. The highest BCUT2D eigenvalue weighted by molar-refractivity contribution is 6.56. The number of nitrogens with one attached hydrogen (secondary N) is 1. The van der Waals surface area contributed by atoms with Crippen LogP contribution in [0.25, 0.3) is 6.08 Å². The molecule has 2 heterocycles. The van der Waals surface area contributed by atoms with E-state index in [0.29, 0.717) is 10.5 Å². The fourth-order valence-corrected chi connectivity index (χ4v) is 2.33. The van der Waals surface area contributed by atoms with Gasteiger partial charge in [0, 0.05) is 25.2 Å². The summed E-state index contributed by atoms with van der Waals surface area (Å²) in [7, 11) is -0.708. The number of aromatic nitrogens is 1. The number of pyridine rings is 1. The lowest BCUT2D eigenvalue weighted by Crippen LogP contribution is -2.41. The lowest BCUT2D eigenvalue weighted by atomic mass is 9.77. The summed E-state index contributed by atoms with van der Waals surface area (Å²) in [6.45, 7) is 9.26. The Morgan fingerprint density at radius 2 is 1.96 bits per heavy atom. The van der Waals surface area contributed by atoms with Crippen molar-refractivity contribution in [3.63, 3.8) is 0 Å². The number of hydrogen-bond donors (Lipinski definition) is 1. The summed E-state index contributed by atoms with van der Waals surface area (Å²) < 4.78 is 25.9. The molecule has 0 radical (unpaired) electrons. The van der Waals surface area contributed by atoms with Crippen molar-refractivity contribution in [2.75, 3.05) is 6.54 Å². The summed E-state index contributed by atoms with van der Waals surface area (Å²) in [4.78, 5) is 14.9. The lowest BCUT2D eigenvalue weighted by Gasteiger charge is -2.32. The fourth-order valence-electron chi connectivity index (χ4n) is 2.16. The standard InChI is InChI=1S/C16H21BClFN2O3/c1-10(22)20-8-12(6-11-7-13(18)9-21-14(11)19)17-23-15(2,3)16(4,5)24-17/h6-7,9H,8H2,1-5H3,(H,20,22). The number of halogens is 2. The smallest absolute Gasteiger partial charge is 0.400 e. The molecule has 1 N–H and O–H groups in total. The number of hydrogen-bond acceptors (Lipinski definition) is 4. The highest BCUT2D eigenvalue weighted by atomic mass is 35.5. The molecular formula is C16H21BClFN2O3. The van der Waals surface area contributed by atoms with Gasteiger partial charge in [0.25, 0.3) is 0 Å². The monoisotopic (exact) mass is 354 g/mol. The van der Waals surface area contributed by atoms with Crippen LogP contribution in [0.5, 0.6) is 0 Å². The summed E-state index contributed by atoms with van der Waals surface area (Å²) in [5.74, 6) is -0.863. The van der Waals surface area contributed by atoms with Crippen LogP contribution >= 0.6 is 11.6 Å². The van der Waals surface area contributed by atoms with Crippen molar-refractivity contribution in [1.29, 1.82) is 0 Å². The third kappa shape index (κ3) is 4.15. The zero-order chi connectivity index (χ0) is 18.1. The quantitative estimate of drug-likeness (QED) is 0.667. The first-order valence-corrected chi connectivity index (χ1v) is 8.01. The summed E-state index contributed by atoms with van der Waals surface area (Å²) >= 11 is 5.89. The van der Waals surface area contributed by atoms with Crippen molar-refractivity contribution in [3.05, 3.63) is 34.3 Å². The molecule has 8 heteroatoms. The third-order valence-electron chi connectivity index (χ3n) is 4.27. The van der Waals surface area contributed by atoms with E-state index in [1.807, 2.05) is 27.7 Å². The molecule has 24 heavy (non-hydrogen) atoms. The lowest BCUT2D eigenvalue weighted by molar-refractivity contribution is -0.118. The van der Waals surface area contributed by atoms with Crippen LogP contribution < -0.4 is 5.32 Å². The molecule has 1 aromatic rings. The average Bonchev–Trinajstić information content (AvgIpc) is 2.66. The predicted octanol–water partition coefficient (Wildman–Crippen LogP) is 3.03. The van der Waals surface area contributed by atoms with Gasteiger partial charge in [-0.25, -0.2) is 4.98 Å². The van der Waals surface area contributed by atoms with Gasteiger partial charge in [-0.15, -0.1) is 0 Å². The van der Waals surface area contributed by atoms with Crippen LogP contribution in [0.2, 0.25) is 5.02 Å². The first-order chi connectivity index (χ1) is 11.0. The minimum absolute atomic E-state index is 0.165. The Morgan fingerprint density at radius 1 is 1.38 bits per heavy atom. The van der Waals surface area contributed by atoms with E-state index in [4.69, 9.17) is 20.9 Å². The SMILES string of the molecule is CC(=O)NCC(=Cc1cc(Cl)cnc1F)B1OC(C)(C)C(C)(C)O1. The van der Waals surface area contributed by atoms with Gasteiger partial charge >= 0.3 is 7.12 Å². The number of rotatable bonds is 4. The number of amides is 1. The fraction of sp³-hybridized carbons (Fsp3) is 0.500. The summed E-state index contributed by atoms with van der Waals surface area (Å²) in [5, 5.41) is 3.00. The zero-order valence-electron chi connectivity index (χ0n) is 14.4.